The predicted octanol–water partition coefficient (Wildman–Crippen LogP) is 2.83. The standard InChI is InChI=1S/C10H16O2S2/c1-9(8(11)12)2-4-10(5-3-9)13-6-7-14-10/h2-7H2,1H3,(H,11,12). The van der Waals surface area contributed by atoms with Crippen molar-refractivity contribution in [2.24, 2.45) is 5.41 Å². The second kappa shape index (κ2) is 3.63. The van der Waals surface area contributed by atoms with Crippen LogP contribution in [0.5, 0.6) is 0 Å². The summed E-state index contributed by atoms with van der Waals surface area (Å²) in [7, 11) is 0. The molecule has 1 saturated heterocycles. The Labute approximate surface area is 93.2 Å². The van der Waals surface area contributed by atoms with Gasteiger partial charge < -0.3 is 5.11 Å². The lowest BCUT2D eigenvalue weighted by atomic mass is 9.75. The van der Waals surface area contributed by atoms with E-state index in [2.05, 4.69) is 0 Å². The van der Waals surface area contributed by atoms with Gasteiger partial charge in [-0.25, -0.2) is 0 Å². The van der Waals surface area contributed by atoms with Gasteiger partial charge in [-0.2, -0.15) is 0 Å². The molecule has 0 aromatic heterocycles. The van der Waals surface area contributed by atoms with E-state index in [4.69, 9.17) is 5.11 Å². The summed E-state index contributed by atoms with van der Waals surface area (Å²) >= 11 is 4.10. The summed E-state index contributed by atoms with van der Waals surface area (Å²) in [6.07, 6.45) is 3.85. The van der Waals surface area contributed by atoms with Crippen LogP contribution in [-0.2, 0) is 4.79 Å². The van der Waals surface area contributed by atoms with Crippen molar-refractivity contribution in [2.45, 2.75) is 36.7 Å². The molecule has 2 aliphatic rings. The average molecular weight is 232 g/mol. The summed E-state index contributed by atoms with van der Waals surface area (Å²) in [4.78, 5) is 11.1. The van der Waals surface area contributed by atoms with Gasteiger partial charge >= 0.3 is 5.97 Å². The maximum atomic E-state index is 11.1. The zero-order valence-corrected chi connectivity index (χ0v) is 10.0. The normalized spacial score (nSPS) is 29.2. The monoisotopic (exact) mass is 232 g/mol. The fourth-order valence-corrected chi connectivity index (χ4v) is 5.41. The molecular weight excluding hydrogens is 216 g/mol. The third-order valence-corrected chi connectivity index (χ3v) is 7.10. The lowest BCUT2D eigenvalue weighted by molar-refractivity contribution is -0.149. The smallest absolute Gasteiger partial charge is 0.309 e. The van der Waals surface area contributed by atoms with E-state index in [0.717, 1.165) is 25.7 Å². The van der Waals surface area contributed by atoms with Crippen LogP contribution in [-0.4, -0.2) is 26.7 Å². The van der Waals surface area contributed by atoms with Crippen LogP contribution in [0, 0.1) is 5.41 Å². The van der Waals surface area contributed by atoms with Crippen molar-refractivity contribution in [3.63, 3.8) is 0 Å². The van der Waals surface area contributed by atoms with Crippen LogP contribution in [0.25, 0.3) is 0 Å². The van der Waals surface area contributed by atoms with Crippen LogP contribution in [0.2, 0.25) is 0 Å². The first-order chi connectivity index (χ1) is 6.56. The molecule has 2 rings (SSSR count). The molecule has 0 unspecified atom stereocenters. The summed E-state index contributed by atoms with van der Waals surface area (Å²) in [6, 6.07) is 0. The van der Waals surface area contributed by atoms with Crippen molar-refractivity contribution in [3.8, 4) is 0 Å². The van der Waals surface area contributed by atoms with Crippen molar-refractivity contribution in [1.82, 2.24) is 0 Å². The highest BCUT2D eigenvalue weighted by atomic mass is 32.2. The minimum absolute atomic E-state index is 0.384. The van der Waals surface area contributed by atoms with Crippen LogP contribution >= 0.6 is 23.5 Å². The largest absolute Gasteiger partial charge is 0.481 e. The Morgan fingerprint density at radius 1 is 1.14 bits per heavy atom. The van der Waals surface area contributed by atoms with Crippen molar-refractivity contribution < 1.29 is 9.90 Å². The highest BCUT2D eigenvalue weighted by Crippen LogP contribution is 2.56. The summed E-state index contributed by atoms with van der Waals surface area (Å²) in [5.41, 5.74) is -0.449. The minimum Gasteiger partial charge on any atom is -0.481 e. The van der Waals surface area contributed by atoms with E-state index >= 15 is 0 Å². The number of rotatable bonds is 1. The van der Waals surface area contributed by atoms with Crippen molar-refractivity contribution >= 4 is 29.5 Å². The zero-order valence-electron chi connectivity index (χ0n) is 8.41. The maximum Gasteiger partial charge on any atom is 0.309 e. The third-order valence-electron chi connectivity index (χ3n) is 3.45. The zero-order chi connectivity index (χ0) is 10.2. The molecule has 1 aliphatic heterocycles. The molecule has 1 saturated carbocycles. The van der Waals surface area contributed by atoms with Gasteiger partial charge in [-0.15, -0.1) is 23.5 Å². The number of carbonyl (C=O) groups is 1. The number of aliphatic carboxylic acids is 1. The second-order valence-corrected chi connectivity index (χ2v) is 7.69. The molecule has 1 spiro atoms. The van der Waals surface area contributed by atoms with Crippen LogP contribution in [0.4, 0.5) is 0 Å². The molecule has 0 atom stereocenters. The summed E-state index contributed by atoms with van der Waals surface area (Å²) < 4.78 is 0.384. The number of hydrogen-bond acceptors (Lipinski definition) is 3. The fraction of sp³-hybridized carbons (Fsp3) is 0.900. The quantitative estimate of drug-likeness (QED) is 0.754. The van der Waals surface area contributed by atoms with Gasteiger partial charge in [0.05, 0.1) is 9.49 Å². The van der Waals surface area contributed by atoms with Crippen LogP contribution in [0.1, 0.15) is 32.6 Å². The van der Waals surface area contributed by atoms with Crippen LogP contribution < -0.4 is 0 Å². The van der Waals surface area contributed by atoms with Crippen LogP contribution in [0.3, 0.4) is 0 Å². The Hall–Kier alpha value is 0.170. The molecule has 0 aromatic carbocycles. The summed E-state index contributed by atoms with van der Waals surface area (Å²) in [5.74, 6) is 1.88. The van der Waals surface area contributed by atoms with Gasteiger partial charge in [0.15, 0.2) is 0 Å². The van der Waals surface area contributed by atoms with Crippen molar-refractivity contribution in [1.29, 1.82) is 0 Å². The molecule has 80 valence electrons. The Balaban J connectivity index is 2.01. The lowest BCUT2D eigenvalue weighted by Crippen LogP contribution is -2.37. The van der Waals surface area contributed by atoms with Gasteiger partial charge in [0.2, 0.25) is 0 Å². The molecular formula is C10H16O2S2. The molecule has 0 bridgehead atoms. The van der Waals surface area contributed by atoms with Gasteiger partial charge in [-0.1, -0.05) is 0 Å². The van der Waals surface area contributed by atoms with Crippen LogP contribution in [0.15, 0.2) is 0 Å². The first-order valence-corrected chi connectivity index (χ1v) is 7.05. The number of thioether (sulfide) groups is 2. The van der Waals surface area contributed by atoms with E-state index in [1.165, 1.54) is 11.5 Å². The molecule has 2 nitrogen and oxygen atoms in total. The highest BCUT2D eigenvalue weighted by molar-refractivity contribution is 8.21. The SMILES string of the molecule is CC1(C(=O)O)CCC2(CC1)SCCS2. The average Bonchev–Trinajstić information content (AvgIpc) is 2.60. The predicted molar refractivity (Wildman–Crippen MR) is 61.9 cm³/mol. The molecule has 0 radical (unpaired) electrons. The van der Waals surface area contributed by atoms with E-state index in [0.29, 0.717) is 4.08 Å². The number of hydrogen-bond donors (Lipinski definition) is 1. The molecule has 1 heterocycles. The Morgan fingerprint density at radius 3 is 2.07 bits per heavy atom. The van der Waals surface area contributed by atoms with E-state index < -0.39 is 11.4 Å². The molecule has 1 aliphatic carbocycles. The van der Waals surface area contributed by atoms with Gasteiger partial charge in [0.1, 0.15) is 0 Å². The molecule has 4 heteroatoms. The molecule has 2 fully saturated rings. The van der Waals surface area contributed by atoms with Crippen molar-refractivity contribution in [3.05, 3.63) is 0 Å². The first-order valence-electron chi connectivity index (χ1n) is 5.08. The summed E-state index contributed by atoms with van der Waals surface area (Å²) in [5, 5.41) is 9.12. The van der Waals surface area contributed by atoms with E-state index in [-0.39, 0.29) is 0 Å². The van der Waals surface area contributed by atoms with E-state index in [1.54, 1.807) is 0 Å². The van der Waals surface area contributed by atoms with Gasteiger partial charge in [-0.05, 0) is 32.6 Å². The molecule has 0 amide bonds. The Bertz CT molecular complexity index is 237. The Kier molecular flexibility index (Phi) is 2.77. The number of carboxylic acids is 1. The lowest BCUT2D eigenvalue weighted by Gasteiger charge is -2.39. The topological polar surface area (TPSA) is 37.3 Å². The second-order valence-electron chi connectivity index (χ2n) is 4.47. The fourth-order valence-electron chi connectivity index (χ4n) is 2.18. The summed E-state index contributed by atoms with van der Waals surface area (Å²) in [6.45, 7) is 1.90. The van der Waals surface area contributed by atoms with Crippen molar-refractivity contribution in [2.75, 3.05) is 11.5 Å². The third kappa shape index (κ3) is 1.78. The molecule has 0 aromatic rings. The molecule has 14 heavy (non-hydrogen) atoms. The van der Waals surface area contributed by atoms with Gasteiger partial charge in [0.25, 0.3) is 0 Å². The minimum atomic E-state index is -0.611. The number of carboxylic acid groups (broad SMARTS) is 1. The maximum absolute atomic E-state index is 11.1. The highest BCUT2D eigenvalue weighted by Gasteiger charge is 2.46. The van der Waals surface area contributed by atoms with E-state index in [9.17, 15) is 4.79 Å². The molecule has 1 N–H and O–H groups in total. The Morgan fingerprint density at radius 2 is 1.64 bits per heavy atom. The van der Waals surface area contributed by atoms with Gasteiger partial charge in [0, 0.05) is 11.5 Å². The van der Waals surface area contributed by atoms with E-state index in [1.807, 2.05) is 30.4 Å². The van der Waals surface area contributed by atoms with Gasteiger partial charge in [-0.3, -0.25) is 4.79 Å². The first kappa shape index (κ1) is 10.7.